The van der Waals surface area contributed by atoms with E-state index in [-0.39, 0.29) is 16.7 Å². The summed E-state index contributed by atoms with van der Waals surface area (Å²) < 4.78 is 7.85. The SMILES string of the molecule is Cn1ncc2c(N3CCC[C@@H](NC(=O)OC(C)(C)C)C3)c([N+](=O)[O-])cc(I)c21. The van der Waals surface area contributed by atoms with E-state index in [4.69, 9.17) is 4.74 Å². The molecule has 2 heterocycles. The van der Waals surface area contributed by atoms with E-state index in [1.807, 2.05) is 32.7 Å². The molecule has 1 aromatic heterocycles. The van der Waals surface area contributed by atoms with E-state index < -0.39 is 11.7 Å². The molecule has 3 rings (SSSR count). The molecule has 1 aliphatic rings. The second-order valence-electron chi connectivity index (χ2n) is 7.95. The number of amides is 1. The summed E-state index contributed by atoms with van der Waals surface area (Å²) in [6.45, 7) is 6.60. The first-order valence-electron chi connectivity index (χ1n) is 9.10. The number of piperidine rings is 1. The van der Waals surface area contributed by atoms with Crippen molar-refractivity contribution in [3.8, 4) is 0 Å². The lowest BCUT2D eigenvalue weighted by Crippen LogP contribution is -2.49. The van der Waals surface area contributed by atoms with Crippen LogP contribution in [0.2, 0.25) is 0 Å². The van der Waals surface area contributed by atoms with Crippen LogP contribution in [0, 0.1) is 13.7 Å². The number of halogens is 1. The number of carbonyl (C=O) groups excluding carboxylic acids is 1. The third kappa shape index (κ3) is 4.31. The zero-order chi connectivity index (χ0) is 20.6. The van der Waals surface area contributed by atoms with Gasteiger partial charge >= 0.3 is 6.09 Å². The maximum absolute atomic E-state index is 12.1. The normalized spacial score (nSPS) is 17.6. The highest BCUT2D eigenvalue weighted by molar-refractivity contribution is 14.1. The fourth-order valence-electron chi connectivity index (χ4n) is 3.53. The number of nitrogens with one attached hydrogen (secondary N) is 1. The van der Waals surface area contributed by atoms with Crippen molar-refractivity contribution in [2.75, 3.05) is 18.0 Å². The molecule has 1 saturated heterocycles. The Bertz CT molecular complexity index is 921. The summed E-state index contributed by atoms with van der Waals surface area (Å²) in [5.41, 5.74) is 0.908. The predicted molar refractivity (Wildman–Crippen MR) is 115 cm³/mol. The molecular weight excluding hydrogens is 477 g/mol. The topological polar surface area (TPSA) is 103 Å². The van der Waals surface area contributed by atoms with Gasteiger partial charge in [-0.2, -0.15) is 5.10 Å². The summed E-state index contributed by atoms with van der Waals surface area (Å²) in [4.78, 5) is 25.5. The molecule has 0 radical (unpaired) electrons. The van der Waals surface area contributed by atoms with Gasteiger partial charge in [0.05, 0.1) is 22.0 Å². The number of carbonyl (C=O) groups is 1. The number of ether oxygens (including phenoxy) is 1. The van der Waals surface area contributed by atoms with Crippen LogP contribution >= 0.6 is 22.6 Å². The van der Waals surface area contributed by atoms with Crippen molar-refractivity contribution in [2.24, 2.45) is 7.05 Å². The average molecular weight is 501 g/mol. The summed E-state index contributed by atoms with van der Waals surface area (Å²) in [5.74, 6) is 0. The van der Waals surface area contributed by atoms with Crippen molar-refractivity contribution in [3.63, 3.8) is 0 Å². The number of nitrogens with zero attached hydrogens (tertiary/aromatic N) is 4. The Hall–Kier alpha value is -2.11. The minimum absolute atomic E-state index is 0.0582. The van der Waals surface area contributed by atoms with Gasteiger partial charge in [0.25, 0.3) is 5.69 Å². The van der Waals surface area contributed by atoms with Gasteiger partial charge in [-0.3, -0.25) is 14.8 Å². The number of aromatic nitrogens is 2. The Morgan fingerprint density at radius 3 is 2.82 bits per heavy atom. The standard InChI is InChI=1S/C18H24IN5O4/c1-18(2,3)28-17(25)21-11-6-5-7-23(10-11)16-12-9-20-22(4)15(12)13(19)8-14(16)24(26)27/h8-9,11H,5-7,10H2,1-4H3,(H,21,25)/t11-/m1/s1. The van der Waals surface area contributed by atoms with Gasteiger partial charge in [0.1, 0.15) is 11.3 Å². The molecule has 9 nitrogen and oxygen atoms in total. The van der Waals surface area contributed by atoms with Gasteiger partial charge in [-0.15, -0.1) is 0 Å². The lowest BCUT2D eigenvalue weighted by atomic mass is 10.0. The van der Waals surface area contributed by atoms with E-state index in [1.165, 1.54) is 0 Å². The highest BCUT2D eigenvalue weighted by atomic mass is 127. The number of hydrogen-bond donors (Lipinski definition) is 1. The molecule has 1 amide bonds. The van der Waals surface area contributed by atoms with Gasteiger partial charge < -0.3 is 15.0 Å². The molecule has 0 saturated carbocycles. The number of hydrogen-bond acceptors (Lipinski definition) is 6. The van der Waals surface area contributed by atoms with Crippen LogP contribution in [0.3, 0.4) is 0 Å². The lowest BCUT2D eigenvalue weighted by Gasteiger charge is -2.35. The largest absolute Gasteiger partial charge is 0.444 e. The van der Waals surface area contributed by atoms with E-state index in [0.717, 1.165) is 27.3 Å². The molecule has 152 valence electrons. The van der Waals surface area contributed by atoms with Crippen LogP contribution in [0.4, 0.5) is 16.2 Å². The summed E-state index contributed by atoms with van der Waals surface area (Å²) in [7, 11) is 1.82. The molecule has 1 atom stereocenters. The number of nitro groups is 1. The van der Waals surface area contributed by atoms with E-state index in [2.05, 4.69) is 33.0 Å². The predicted octanol–water partition coefficient (Wildman–Crippen LogP) is 3.58. The molecule has 0 unspecified atom stereocenters. The van der Waals surface area contributed by atoms with Gasteiger partial charge in [0, 0.05) is 35.8 Å². The molecule has 1 aromatic carbocycles. The van der Waals surface area contributed by atoms with E-state index in [0.29, 0.717) is 18.8 Å². The minimum Gasteiger partial charge on any atom is -0.444 e. The number of aryl methyl sites for hydroxylation is 1. The third-order valence-electron chi connectivity index (χ3n) is 4.58. The monoisotopic (exact) mass is 501 g/mol. The number of nitro benzene ring substituents is 1. The summed E-state index contributed by atoms with van der Waals surface area (Å²) >= 11 is 2.10. The molecule has 2 aromatic rings. The van der Waals surface area contributed by atoms with Gasteiger partial charge in [-0.1, -0.05) is 0 Å². The van der Waals surface area contributed by atoms with E-state index in [9.17, 15) is 14.9 Å². The van der Waals surface area contributed by atoms with Gasteiger partial charge in [0.15, 0.2) is 0 Å². The Balaban J connectivity index is 1.91. The molecule has 10 heteroatoms. The lowest BCUT2D eigenvalue weighted by molar-refractivity contribution is -0.384. The minimum atomic E-state index is -0.574. The quantitative estimate of drug-likeness (QED) is 0.392. The zero-order valence-corrected chi connectivity index (χ0v) is 18.5. The molecule has 0 bridgehead atoms. The van der Waals surface area contributed by atoms with Gasteiger partial charge in [-0.05, 0) is 56.2 Å². The molecule has 0 aliphatic carbocycles. The molecule has 1 N–H and O–H groups in total. The van der Waals surface area contributed by atoms with Gasteiger partial charge in [-0.25, -0.2) is 4.79 Å². The van der Waals surface area contributed by atoms with Crippen molar-refractivity contribution >= 4 is 51.0 Å². The first-order valence-corrected chi connectivity index (χ1v) is 10.2. The Morgan fingerprint density at radius 2 is 2.18 bits per heavy atom. The number of anilines is 1. The zero-order valence-electron chi connectivity index (χ0n) is 16.4. The van der Waals surface area contributed by atoms with Crippen LogP contribution in [-0.2, 0) is 11.8 Å². The summed E-state index contributed by atoms with van der Waals surface area (Å²) in [6.07, 6.45) is 2.81. The van der Waals surface area contributed by atoms with Crippen molar-refractivity contribution in [1.29, 1.82) is 0 Å². The van der Waals surface area contributed by atoms with Crippen molar-refractivity contribution < 1.29 is 14.5 Å². The summed E-state index contributed by atoms with van der Waals surface area (Å²) in [6, 6.07) is 1.44. The van der Waals surface area contributed by atoms with Crippen LogP contribution in [0.5, 0.6) is 0 Å². The number of benzene rings is 1. The Kier molecular flexibility index (Phi) is 5.69. The van der Waals surface area contributed by atoms with Crippen LogP contribution in [0.25, 0.3) is 10.9 Å². The summed E-state index contributed by atoms with van der Waals surface area (Å²) in [5, 5.41) is 19.7. The highest BCUT2D eigenvalue weighted by Crippen LogP contribution is 2.39. The van der Waals surface area contributed by atoms with E-state index >= 15 is 0 Å². The van der Waals surface area contributed by atoms with Crippen molar-refractivity contribution in [1.82, 2.24) is 15.1 Å². The van der Waals surface area contributed by atoms with Crippen LogP contribution < -0.4 is 10.2 Å². The third-order valence-corrected chi connectivity index (χ3v) is 5.40. The maximum Gasteiger partial charge on any atom is 0.407 e. The number of fused-ring (bicyclic) bond motifs is 1. The molecule has 0 spiro atoms. The molecule has 28 heavy (non-hydrogen) atoms. The maximum atomic E-state index is 12.1. The van der Waals surface area contributed by atoms with Crippen LogP contribution in [0.15, 0.2) is 12.3 Å². The van der Waals surface area contributed by atoms with Crippen molar-refractivity contribution in [3.05, 3.63) is 25.9 Å². The second kappa shape index (κ2) is 7.72. The van der Waals surface area contributed by atoms with Crippen LogP contribution in [0.1, 0.15) is 33.6 Å². The number of alkyl carbamates (subject to hydrolysis) is 1. The highest BCUT2D eigenvalue weighted by Gasteiger charge is 2.31. The Labute approximate surface area is 176 Å². The fourth-order valence-corrected chi connectivity index (χ4v) is 4.47. The molecule has 1 fully saturated rings. The Morgan fingerprint density at radius 1 is 1.46 bits per heavy atom. The first kappa shape index (κ1) is 20.6. The first-order chi connectivity index (χ1) is 13.1. The van der Waals surface area contributed by atoms with Crippen LogP contribution in [-0.4, -0.2) is 45.5 Å². The van der Waals surface area contributed by atoms with E-state index in [1.54, 1.807) is 16.9 Å². The molecule has 1 aliphatic heterocycles. The average Bonchev–Trinajstić information content (AvgIpc) is 2.95. The van der Waals surface area contributed by atoms with Crippen molar-refractivity contribution in [2.45, 2.75) is 45.3 Å². The smallest absolute Gasteiger partial charge is 0.407 e. The van der Waals surface area contributed by atoms with Gasteiger partial charge in [0.2, 0.25) is 0 Å². The second-order valence-corrected chi connectivity index (χ2v) is 9.11. The molecular formula is C18H24IN5O4. The fraction of sp³-hybridized carbons (Fsp3) is 0.556. The number of rotatable bonds is 3.